The van der Waals surface area contributed by atoms with Crippen LogP contribution in [0.5, 0.6) is 0 Å². The third-order valence-corrected chi connectivity index (χ3v) is 2.15. The summed E-state index contributed by atoms with van der Waals surface area (Å²) in [4.78, 5) is 15.5. The number of carbonyl (C=O) groups excluding carboxylic acids is 1. The number of carbonyl (C=O) groups is 1. The fraction of sp³-hybridized carbons (Fsp3) is 0.600. The second-order valence-electron chi connectivity index (χ2n) is 3.25. The quantitative estimate of drug-likeness (QED) is 0.704. The molecule has 3 N–H and O–H groups in total. The molecule has 0 aliphatic carbocycles. The Morgan fingerprint density at radius 1 is 1.75 bits per heavy atom. The van der Waals surface area contributed by atoms with Gasteiger partial charge in [0.15, 0.2) is 0 Å². The Morgan fingerprint density at radius 3 is 3.00 bits per heavy atom. The first kappa shape index (κ1) is 12.7. The monoisotopic (exact) mass is 227 g/mol. The molecule has 0 aromatic carbocycles. The van der Waals surface area contributed by atoms with E-state index in [-0.39, 0.29) is 19.0 Å². The number of ether oxygens (including phenoxy) is 1. The van der Waals surface area contributed by atoms with Crippen molar-refractivity contribution < 1.29 is 13.9 Å². The molecule has 16 heavy (non-hydrogen) atoms. The number of methoxy groups -OCH3 is 1. The summed E-state index contributed by atoms with van der Waals surface area (Å²) in [5, 5.41) is 2.64. The van der Waals surface area contributed by atoms with E-state index >= 15 is 0 Å². The van der Waals surface area contributed by atoms with Crippen LogP contribution in [0.2, 0.25) is 0 Å². The molecule has 0 saturated heterocycles. The molecule has 1 unspecified atom stereocenters. The van der Waals surface area contributed by atoms with Gasteiger partial charge in [0.1, 0.15) is 11.9 Å². The van der Waals surface area contributed by atoms with E-state index in [0.717, 1.165) is 12.2 Å². The zero-order valence-electron chi connectivity index (χ0n) is 9.53. The molecule has 6 nitrogen and oxygen atoms in total. The minimum Gasteiger partial charge on any atom is -0.444 e. The molecule has 1 amide bonds. The van der Waals surface area contributed by atoms with E-state index in [1.54, 1.807) is 6.20 Å². The molecule has 6 heteroatoms. The fourth-order valence-corrected chi connectivity index (χ4v) is 1.18. The normalized spacial score (nSPS) is 12.4. The summed E-state index contributed by atoms with van der Waals surface area (Å²) < 4.78 is 10.2. The second kappa shape index (κ2) is 6.24. The van der Waals surface area contributed by atoms with Crippen molar-refractivity contribution in [1.82, 2.24) is 10.3 Å². The summed E-state index contributed by atoms with van der Waals surface area (Å²) in [5.74, 6) is 1.02. The lowest BCUT2D eigenvalue weighted by Gasteiger charge is -2.11. The molecule has 0 saturated carbocycles. The van der Waals surface area contributed by atoms with Crippen molar-refractivity contribution in [3.8, 4) is 0 Å². The van der Waals surface area contributed by atoms with Gasteiger partial charge in [-0.1, -0.05) is 6.92 Å². The first-order chi connectivity index (χ1) is 7.71. The minimum atomic E-state index is -0.624. The lowest BCUT2D eigenvalue weighted by atomic mass is 10.3. The van der Waals surface area contributed by atoms with Gasteiger partial charge in [0.25, 0.3) is 5.91 Å². The Hall–Kier alpha value is -1.40. The Kier molecular flexibility index (Phi) is 4.94. The Bertz CT molecular complexity index is 334. The van der Waals surface area contributed by atoms with E-state index in [4.69, 9.17) is 14.9 Å². The van der Waals surface area contributed by atoms with Gasteiger partial charge in [-0.2, -0.15) is 0 Å². The van der Waals surface area contributed by atoms with Crippen LogP contribution in [0.15, 0.2) is 10.6 Å². The molecule has 1 aromatic rings. The number of rotatable bonds is 6. The maximum atomic E-state index is 11.5. The summed E-state index contributed by atoms with van der Waals surface area (Å²) in [5.41, 5.74) is 5.35. The summed E-state index contributed by atoms with van der Waals surface area (Å²) in [7, 11) is 1.44. The average molecular weight is 227 g/mol. The van der Waals surface area contributed by atoms with Crippen LogP contribution >= 0.6 is 0 Å². The molecule has 0 spiro atoms. The lowest BCUT2D eigenvalue weighted by molar-refractivity contribution is -0.130. The van der Waals surface area contributed by atoms with Crippen LogP contribution in [-0.4, -0.2) is 30.6 Å². The number of nitrogens with zero attached hydrogens (tertiary/aromatic N) is 1. The second-order valence-corrected chi connectivity index (χ2v) is 3.25. The molecule has 1 heterocycles. The Morgan fingerprint density at radius 2 is 2.50 bits per heavy atom. The fourth-order valence-electron chi connectivity index (χ4n) is 1.18. The number of nitrogens with one attached hydrogen (secondary N) is 1. The van der Waals surface area contributed by atoms with Gasteiger partial charge in [-0.15, -0.1) is 0 Å². The standard InChI is InChI=1S/C10H17N3O3/c1-3-7-5-12-9(16-7)6-13-10(14)8(4-11)15-2/h5,8H,3-4,6,11H2,1-2H3,(H,13,14). The molecule has 0 aliphatic rings. The van der Waals surface area contributed by atoms with Crippen LogP contribution in [0.1, 0.15) is 18.6 Å². The zero-order valence-corrected chi connectivity index (χ0v) is 9.53. The maximum absolute atomic E-state index is 11.5. The molecule has 1 atom stereocenters. The highest BCUT2D eigenvalue weighted by atomic mass is 16.5. The van der Waals surface area contributed by atoms with Crippen molar-refractivity contribution in [1.29, 1.82) is 0 Å². The molecular weight excluding hydrogens is 210 g/mol. The Balaban J connectivity index is 2.41. The molecule has 0 aliphatic heterocycles. The van der Waals surface area contributed by atoms with Gasteiger partial charge in [0, 0.05) is 20.1 Å². The van der Waals surface area contributed by atoms with Crippen LogP contribution in [0.3, 0.4) is 0 Å². The van der Waals surface area contributed by atoms with Gasteiger partial charge < -0.3 is 20.2 Å². The molecule has 0 radical (unpaired) electrons. The predicted octanol–water partition coefficient (Wildman–Crippen LogP) is -0.173. The lowest BCUT2D eigenvalue weighted by Crippen LogP contribution is -2.40. The first-order valence-corrected chi connectivity index (χ1v) is 5.15. The highest BCUT2D eigenvalue weighted by molar-refractivity contribution is 5.80. The van der Waals surface area contributed by atoms with Crippen molar-refractivity contribution in [2.45, 2.75) is 26.0 Å². The molecule has 90 valence electrons. The third kappa shape index (κ3) is 3.32. The predicted molar refractivity (Wildman–Crippen MR) is 57.6 cm³/mol. The summed E-state index contributed by atoms with van der Waals surface area (Å²) in [6.07, 6.45) is 1.81. The largest absolute Gasteiger partial charge is 0.444 e. The SMILES string of the molecule is CCc1cnc(CNC(=O)C(CN)OC)o1. The van der Waals surface area contributed by atoms with Crippen LogP contribution in [0, 0.1) is 0 Å². The smallest absolute Gasteiger partial charge is 0.250 e. The molecular formula is C10H17N3O3. The van der Waals surface area contributed by atoms with Gasteiger partial charge in [-0.25, -0.2) is 4.98 Å². The molecule has 0 fully saturated rings. The van der Waals surface area contributed by atoms with Gasteiger partial charge in [0.05, 0.1) is 12.7 Å². The van der Waals surface area contributed by atoms with Gasteiger partial charge in [0.2, 0.25) is 5.89 Å². The van der Waals surface area contributed by atoms with Crippen LogP contribution in [0.4, 0.5) is 0 Å². The first-order valence-electron chi connectivity index (χ1n) is 5.15. The Labute approximate surface area is 94.2 Å². The van der Waals surface area contributed by atoms with E-state index in [9.17, 15) is 4.79 Å². The average Bonchev–Trinajstić information content (AvgIpc) is 2.76. The van der Waals surface area contributed by atoms with Crippen molar-refractivity contribution in [2.75, 3.05) is 13.7 Å². The maximum Gasteiger partial charge on any atom is 0.250 e. The number of oxazole rings is 1. The molecule has 1 aromatic heterocycles. The summed E-state index contributed by atoms with van der Waals surface area (Å²) >= 11 is 0. The highest BCUT2D eigenvalue weighted by Crippen LogP contribution is 2.03. The van der Waals surface area contributed by atoms with Crippen molar-refractivity contribution in [3.63, 3.8) is 0 Å². The topological polar surface area (TPSA) is 90.4 Å². The van der Waals surface area contributed by atoms with Crippen molar-refractivity contribution in [2.24, 2.45) is 5.73 Å². The molecule has 1 rings (SSSR count). The van der Waals surface area contributed by atoms with Gasteiger partial charge in [-0.05, 0) is 0 Å². The summed E-state index contributed by atoms with van der Waals surface area (Å²) in [6.45, 7) is 2.37. The van der Waals surface area contributed by atoms with E-state index in [0.29, 0.717) is 5.89 Å². The van der Waals surface area contributed by atoms with Gasteiger partial charge in [-0.3, -0.25) is 4.79 Å². The van der Waals surface area contributed by atoms with Crippen LogP contribution in [-0.2, 0) is 22.5 Å². The van der Waals surface area contributed by atoms with Crippen molar-refractivity contribution >= 4 is 5.91 Å². The third-order valence-electron chi connectivity index (χ3n) is 2.15. The molecule has 0 bridgehead atoms. The van der Waals surface area contributed by atoms with Crippen LogP contribution in [0.25, 0.3) is 0 Å². The number of hydrogen-bond acceptors (Lipinski definition) is 5. The number of aromatic nitrogens is 1. The van der Waals surface area contributed by atoms with E-state index in [1.165, 1.54) is 7.11 Å². The zero-order chi connectivity index (χ0) is 12.0. The summed E-state index contributed by atoms with van der Waals surface area (Å²) in [6, 6.07) is 0. The van der Waals surface area contributed by atoms with E-state index in [2.05, 4.69) is 10.3 Å². The van der Waals surface area contributed by atoms with E-state index < -0.39 is 6.10 Å². The van der Waals surface area contributed by atoms with E-state index in [1.807, 2.05) is 6.92 Å². The van der Waals surface area contributed by atoms with Gasteiger partial charge >= 0.3 is 0 Å². The van der Waals surface area contributed by atoms with Crippen molar-refractivity contribution in [3.05, 3.63) is 17.8 Å². The minimum absolute atomic E-state index is 0.147. The number of aryl methyl sites for hydroxylation is 1. The number of hydrogen-bond donors (Lipinski definition) is 2. The highest BCUT2D eigenvalue weighted by Gasteiger charge is 2.15. The van der Waals surface area contributed by atoms with Crippen LogP contribution < -0.4 is 11.1 Å². The number of nitrogens with two attached hydrogens (primary N) is 1. The number of amides is 1.